The number of Topliss-reactive ketones (excluding diaryl/α,β-unsaturated/α-hetero) is 1. The van der Waals surface area contributed by atoms with Gasteiger partial charge in [0.25, 0.3) is 0 Å². The van der Waals surface area contributed by atoms with Gasteiger partial charge >= 0.3 is 5.97 Å². The predicted molar refractivity (Wildman–Crippen MR) is 75.2 cm³/mol. The summed E-state index contributed by atoms with van der Waals surface area (Å²) in [5.41, 5.74) is -0.0790. The fourth-order valence-corrected chi connectivity index (χ4v) is 1.79. The van der Waals surface area contributed by atoms with E-state index in [0.29, 0.717) is 6.54 Å². The van der Waals surface area contributed by atoms with Gasteiger partial charge in [0.15, 0.2) is 5.78 Å². The Bertz CT molecular complexity index is 476. The smallest absolute Gasteiger partial charge is 0.319 e. The highest BCUT2D eigenvalue weighted by molar-refractivity contribution is 6.03. The number of rotatable bonds is 7. The van der Waals surface area contributed by atoms with Crippen molar-refractivity contribution in [3.8, 4) is 0 Å². The summed E-state index contributed by atoms with van der Waals surface area (Å²) in [4.78, 5) is 25.9. The molecule has 0 bridgehead atoms. The van der Waals surface area contributed by atoms with Crippen LogP contribution in [0.15, 0.2) is 16.7 Å². The minimum Gasteiger partial charge on any atom is -0.469 e. The molecule has 0 saturated carbocycles. The Morgan fingerprint density at radius 2 is 2.05 bits per heavy atom. The SMILES string of the molecule is CCOC(=O)C(C)(C)C(=O)CN(C)Cc1ccoc1C. The number of furan rings is 1. The topological polar surface area (TPSA) is 59.8 Å². The first-order valence-corrected chi connectivity index (χ1v) is 6.71. The largest absolute Gasteiger partial charge is 0.469 e. The van der Waals surface area contributed by atoms with Crippen LogP contribution in [-0.2, 0) is 20.9 Å². The van der Waals surface area contributed by atoms with Crippen molar-refractivity contribution in [3.63, 3.8) is 0 Å². The van der Waals surface area contributed by atoms with Crippen molar-refractivity contribution in [1.29, 1.82) is 0 Å². The number of aryl methyl sites for hydroxylation is 1. The van der Waals surface area contributed by atoms with Gasteiger partial charge < -0.3 is 9.15 Å². The fourth-order valence-electron chi connectivity index (χ4n) is 1.79. The summed E-state index contributed by atoms with van der Waals surface area (Å²) in [7, 11) is 1.84. The van der Waals surface area contributed by atoms with Crippen LogP contribution in [-0.4, -0.2) is 36.9 Å². The van der Waals surface area contributed by atoms with Gasteiger partial charge in [-0.25, -0.2) is 0 Å². The van der Waals surface area contributed by atoms with Crippen LogP contribution in [0.2, 0.25) is 0 Å². The molecule has 0 radical (unpaired) electrons. The Hall–Kier alpha value is -1.62. The Balaban J connectivity index is 2.61. The Labute approximate surface area is 119 Å². The van der Waals surface area contributed by atoms with Gasteiger partial charge in [0.2, 0.25) is 0 Å². The lowest BCUT2D eigenvalue weighted by atomic mass is 9.88. The summed E-state index contributed by atoms with van der Waals surface area (Å²) < 4.78 is 10.2. The highest BCUT2D eigenvalue weighted by Crippen LogP contribution is 2.20. The molecule has 0 fully saturated rings. The van der Waals surface area contributed by atoms with Crippen LogP contribution >= 0.6 is 0 Å². The van der Waals surface area contributed by atoms with Crippen LogP contribution in [0.4, 0.5) is 0 Å². The lowest BCUT2D eigenvalue weighted by Gasteiger charge is -2.24. The molecule has 1 aromatic rings. The van der Waals surface area contributed by atoms with Gasteiger partial charge in [0.1, 0.15) is 11.2 Å². The summed E-state index contributed by atoms with van der Waals surface area (Å²) >= 11 is 0. The van der Waals surface area contributed by atoms with Crippen molar-refractivity contribution in [2.75, 3.05) is 20.2 Å². The second kappa shape index (κ2) is 6.70. The van der Waals surface area contributed by atoms with E-state index in [1.54, 1.807) is 27.0 Å². The van der Waals surface area contributed by atoms with E-state index in [4.69, 9.17) is 9.15 Å². The lowest BCUT2D eigenvalue weighted by molar-refractivity contribution is -0.158. The molecule has 0 aliphatic carbocycles. The van der Waals surface area contributed by atoms with E-state index < -0.39 is 11.4 Å². The summed E-state index contributed by atoms with van der Waals surface area (Å²) in [5.74, 6) is 0.214. The van der Waals surface area contributed by atoms with Gasteiger partial charge in [0.05, 0.1) is 19.4 Å². The highest BCUT2D eigenvalue weighted by atomic mass is 16.5. The highest BCUT2D eigenvalue weighted by Gasteiger charge is 2.37. The number of esters is 1. The minimum absolute atomic E-state index is 0.153. The molecule has 0 N–H and O–H groups in total. The fraction of sp³-hybridized carbons (Fsp3) is 0.600. The van der Waals surface area contributed by atoms with Gasteiger partial charge in [-0.15, -0.1) is 0 Å². The van der Waals surface area contributed by atoms with Gasteiger partial charge in [-0.1, -0.05) is 0 Å². The maximum Gasteiger partial charge on any atom is 0.319 e. The zero-order chi connectivity index (χ0) is 15.3. The molecule has 0 aliphatic rings. The molecule has 5 nitrogen and oxygen atoms in total. The first-order valence-electron chi connectivity index (χ1n) is 6.71. The molecule has 112 valence electrons. The van der Waals surface area contributed by atoms with Gasteiger partial charge in [-0.3, -0.25) is 14.5 Å². The number of likely N-dealkylation sites (N-methyl/N-ethyl adjacent to an activating group) is 1. The molecule has 0 spiro atoms. The van der Waals surface area contributed by atoms with E-state index in [1.165, 1.54) is 0 Å². The van der Waals surface area contributed by atoms with Crippen molar-refractivity contribution in [2.24, 2.45) is 5.41 Å². The first-order chi connectivity index (χ1) is 9.28. The zero-order valence-electron chi connectivity index (χ0n) is 12.9. The molecule has 5 heteroatoms. The van der Waals surface area contributed by atoms with Crippen molar-refractivity contribution in [1.82, 2.24) is 4.90 Å². The average Bonchev–Trinajstić information content (AvgIpc) is 2.75. The molecular weight excluding hydrogens is 258 g/mol. The van der Waals surface area contributed by atoms with Crippen LogP contribution < -0.4 is 0 Å². The molecule has 0 aromatic carbocycles. The molecule has 0 atom stereocenters. The Morgan fingerprint density at radius 3 is 2.55 bits per heavy atom. The third kappa shape index (κ3) is 3.93. The monoisotopic (exact) mass is 281 g/mol. The first kappa shape index (κ1) is 16.4. The molecule has 1 rings (SSSR count). The zero-order valence-corrected chi connectivity index (χ0v) is 12.9. The van der Waals surface area contributed by atoms with Gasteiger partial charge in [-0.2, -0.15) is 0 Å². The van der Waals surface area contributed by atoms with E-state index in [9.17, 15) is 9.59 Å². The van der Waals surface area contributed by atoms with Gasteiger partial charge in [0, 0.05) is 12.1 Å². The van der Waals surface area contributed by atoms with E-state index in [-0.39, 0.29) is 18.9 Å². The normalized spacial score (nSPS) is 11.7. The number of carbonyl (C=O) groups is 2. The predicted octanol–water partition coefficient (Wildman–Crippen LogP) is 2.18. The number of hydrogen-bond donors (Lipinski definition) is 0. The van der Waals surface area contributed by atoms with Crippen LogP contribution in [0.1, 0.15) is 32.1 Å². The van der Waals surface area contributed by atoms with Crippen molar-refractivity contribution < 1.29 is 18.7 Å². The molecule has 1 aromatic heterocycles. The summed E-state index contributed by atoms with van der Waals surface area (Å²) in [5, 5.41) is 0. The summed E-state index contributed by atoms with van der Waals surface area (Å²) in [6.45, 7) is 7.89. The van der Waals surface area contributed by atoms with E-state index in [1.807, 2.05) is 24.9 Å². The van der Waals surface area contributed by atoms with Gasteiger partial charge in [-0.05, 0) is 40.8 Å². The van der Waals surface area contributed by atoms with Crippen molar-refractivity contribution in [3.05, 3.63) is 23.7 Å². The third-order valence-corrected chi connectivity index (χ3v) is 3.30. The summed E-state index contributed by atoms with van der Waals surface area (Å²) in [6.07, 6.45) is 1.63. The maximum atomic E-state index is 12.2. The van der Waals surface area contributed by atoms with E-state index in [0.717, 1.165) is 11.3 Å². The number of hydrogen-bond acceptors (Lipinski definition) is 5. The number of ketones is 1. The molecule has 20 heavy (non-hydrogen) atoms. The lowest BCUT2D eigenvalue weighted by Crippen LogP contribution is -2.41. The standard InChI is InChI=1S/C15H23NO4/c1-6-19-14(18)15(3,4)13(17)10-16(5)9-12-7-8-20-11(12)2/h7-8H,6,9-10H2,1-5H3. The Morgan fingerprint density at radius 1 is 1.40 bits per heavy atom. The van der Waals surface area contributed by atoms with Crippen LogP contribution in [0.25, 0.3) is 0 Å². The van der Waals surface area contributed by atoms with Crippen molar-refractivity contribution in [2.45, 2.75) is 34.2 Å². The van der Waals surface area contributed by atoms with E-state index >= 15 is 0 Å². The van der Waals surface area contributed by atoms with Crippen molar-refractivity contribution >= 4 is 11.8 Å². The molecule has 0 amide bonds. The second-order valence-corrected chi connectivity index (χ2v) is 5.44. The molecule has 0 unspecified atom stereocenters. The molecule has 0 saturated heterocycles. The number of nitrogens with zero attached hydrogens (tertiary/aromatic N) is 1. The van der Waals surface area contributed by atoms with Crippen LogP contribution in [0, 0.1) is 12.3 Å². The molecular formula is C15H23NO4. The maximum absolute atomic E-state index is 12.2. The second-order valence-electron chi connectivity index (χ2n) is 5.44. The molecule has 1 heterocycles. The molecule has 0 aliphatic heterocycles. The number of ether oxygens (including phenoxy) is 1. The Kier molecular flexibility index (Phi) is 5.51. The average molecular weight is 281 g/mol. The van der Waals surface area contributed by atoms with Crippen LogP contribution in [0.3, 0.4) is 0 Å². The third-order valence-electron chi connectivity index (χ3n) is 3.30. The minimum atomic E-state index is -1.12. The van der Waals surface area contributed by atoms with E-state index in [2.05, 4.69) is 0 Å². The van der Waals surface area contributed by atoms with Crippen LogP contribution in [0.5, 0.6) is 0 Å². The number of carbonyl (C=O) groups excluding carboxylic acids is 2. The summed E-state index contributed by atoms with van der Waals surface area (Å²) in [6, 6.07) is 1.88. The quantitative estimate of drug-likeness (QED) is 0.566.